The maximum Gasteiger partial charge on any atom is 0.256 e. The molecule has 1 N–H and O–H groups in total. The van der Waals surface area contributed by atoms with Crippen LogP contribution in [-0.2, 0) is 11.2 Å². The van der Waals surface area contributed by atoms with Crippen LogP contribution >= 0.6 is 11.6 Å². The number of nitrogens with zero attached hydrogens (tertiary/aromatic N) is 7. The van der Waals surface area contributed by atoms with E-state index in [-0.39, 0.29) is 17.7 Å². The van der Waals surface area contributed by atoms with Gasteiger partial charge < -0.3 is 34.2 Å². The standard InChI is InChI=1S/C44H49ClN8O6/c1-30(54)51-21-23-52(24-22-51)42-36-29-41(40(58-3)28-35(36)38(48-49-42)26-31-12-14-46-15-13-31)59-25-7-6-16-50-17-19-53(20-18-50)44(56)34-9-5-4-8-33(34)43(55)47-32-10-11-39(57-2)37(45)27-32/h4-5,8-15,27-29H,6-7,16-26H2,1-3H3,(H,47,55). The van der Waals surface area contributed by atoms with Crippen molar-refractivity contribution in [3.05, 3.63) is 107 Å². The van der Waals surface area contributed by atoms with Crippen LogP contribution < -0.4 is 24.4 Å². The van der Waals surface area contributed by atoms with Gasteiger partial charge in [0.05, 0.1) is 42.7 Å². The lowest BCUT2D eigenvalue weighted by Gasteiger charge is -2.35. The number of carbonyl (C=O) groups excluding carboxylic acids is 3. The molecule has 0 atom stereocenters. The number of amides is 3. The van der Waals surface area contributed by atoms with Crippen LogP contribution in [0.25, 0.3) is 10.8 Å². The highest BCUT2D eigenvalue weighted by Crippen LogP contribution is 2.38. The first kappa shape index (κ1) is 41.2. The zero-order valence-corrected chi connectivity index (χ0v) is 34.4. The summed E-state index contributed by atoms with van der Waals surface area (Å²) in [6.07, 6.45) is 5.87. The molecule has 59 heavy (non-hydrogen) atoms. The predicted molar refractivity (Wildman–Crippen MR) is 227 cm³/mol. The molecule has 14 nitrogen and oxygen atoms in total. The number of ether oxygens (including phenoxy) is 3. The van der Waals surface area contributed by atoms with Crippen molar-refractivity contribution in [3.63, 3.8) is 0 Å². The monoisotopic (exact) mass is 820 g/mol. The molecule has 0 aliphatic carbocycles. The Balaban J connectivity index is 0.943. The number of aromatic nitrogens is 3. The summed E-state index contributed by atoms with van der Waals surface area (Å²) in [7, 11) is 3.17. The number of nitrogens with one attached hydrogen (secondary N) is 1. The van der Waals surface area contributed by atoms with Crippen LogP contribution in [0.15, 0.2) is 79.1 Å². The molecule has 308 valence electrons. The molecule has 2 aliphatic heterocycles. The molecule has 2 aromatic heterocycles. The zero-order chi connectivity index (χ0) is 41.3. The van der Waals surface area contributed by atoms with Crippen molar-refractivity contribution >= 4 is 51.6 Å². The molecular formula is C44H49ClN8O6. The molecule has 2 aliphatic rings. The second kappa shape index (κ2) is 19.2. The number of unbranched alkanes of at least 4 members (excludes halogenated alkanes) is 1. The van der Waals surface area contributed by atoms with E-state index in [4.69, 9.17) is 36.0 Å². The van der Waals surface area contributed by atoms with Gasteiger partial charge in [0.15, 0.2) is 17.3 Å². The van der Waals surface area contributed by atoms with Crippen LogP contribution in [0.3, 0.4) is 0 Å². The molecule has 7 rings (SSSR count). The third-order valence-corrected chi connectivity index (χ3v) is 11.2. The van der Waals surface area contributed by atoms with Gasteiger partial charge in [-0.25, -0.2) is 0 Å². The second-order valence-corrected chi connectivity index (χ2v) is 15.0. The molecule has 0 radical (unpaired) electrons. The average molecular weight is 821 g/mol. The number of hydrogen-bond acceptors (Lipinski definition) is 11. The Labute approximate surface area is 349 Å². The quantitative estimate of drug-likeness (QED) is 0.135. The van der Waals surface area contributed by atoms with Gasteiger partial charge in [-0.3, -0.25) is 24.3 Å². The van der Waals surface area contributed by atoms with Crippen molar-refractivity contribution in [3.8, 4) is 17.2 Å². The summed E-state index contributed by atoms with van der Waals surface area (Å²) in [5.41, 5.74) is 3.07. The fourth-order valence-corrected chi connectivity index (χ4v) is 7.80. The molecular weight excluding hydrogens is 772 g/mol. The van der Waals surface area contributed by atoms with Gasteiger partial charge in [-0.05, 0) is 79.5 Å². The maximum absolute atomic E-state index is 13.7. The first-order chi connectivity index (χ1) is 28.7. The largest absolute Gasteiger partial charge is 0.495 e. The molecule has 15 heteroatoms. The lowest BCUT2D eigenvalue weighted by Crippen LogP contribution is -2.49. The van der Waals surface area contributed by atoms with E-state index in [1.165, 1.54) is 7.11 Å². The van der Waals surface area contributed by atoms with Gasteiger partial charge >= 0.3 is 0 Å². The minimum Gasteiger partial charge on any atom is -0.495 e. The summed E-state index contributed by atoms with van der Waals surface area (Å²) in [6, 6.07) is 19.8. The molecule has 2 saturated heterocycles. The number of hydrogen-bond donors (Lipinski definition) is 1. The van der Waals surface area contributed by atoms with E-state index in [0.29, 0.717) is 91.4 Å². The number of piperazine rings is 2. The average Bonchev–Trinajstić information content (AvgIpc) is 3.26. The van der Waals surface area contributed by atoms with E-state index in [1.807, 2.05) is 34.1 Å². The Morgan fingerprint density at radius 1 is 0.746 bits per heavy atom. The molecule has 5 aromatic rings. The van der Waals surface area contributed by atoms with Crippen LogP contribution in [0.2, 0.25) is 5.02 Å². The summed E-state index contributed by atoms with van der Waals surface area (Å²) in [5, 5.41) is 14.5. The summed E-state index contributed by atoms with van der Waals surface area (Å²) in [4.78, 5) is 51.3. The Morgan fingerprint density at radius 3 is 2.14 bits per heavy atom. The summed E-state index contributed by atoms with van der Waals surface area (Å²) in [5.74, 6) is 2.05. The van der Waals surface area contributed by atoms with Crippen LogP contribution in [0.5, 0.6) is 17.2 Å². The fraction of sp³-hybridized carbons (Fsp3) is 0.364. The highest BCUT2D eigenvalue weighted by molar-refractivity contribution is 6.32. The van der Waals surface area contributed by atoms with E-state index in [2.05, 4.69) is 20.1 Å². The Morgan fingerprint density at radius 2 is 1.44 bits per heavy atom. The number of carbonyl (C=O) groups is 3. The van der Waals surface area contributed by atoms with Crippen molar-refractivity contribution in [1.29, 1.82) is 0 Å². The number of halogens is 1. The molecule has 3 aromatic carbocycles. The molecule has 0 spiro atoms. The van der Waals surface area contributed by atoms with E-state index in [9.17, 15) is 14.4 Å². The first-order valence-electron chi connectivity index (χ1n) is 19.9. The van der Waals surface area contributed by atoms with Crippen molar-refractivity contribution in [1.82, 2.24) is 29.9 Å². The summed E-state index contributed by atoms with van der Waals surface area (Å²) < 4.78 is 17.4. The van der Waals surface area contributed by atoms with Crippen LogP contribution in [0.4, 0.5) is 11.5 Å². The van der Waals surface area contributed by atoms with Crippen molar-refractivity contribution in [2.45, 2.75) is 26.2 Å². The lowest BCUT2D eigenvalue weighted by molar-refractivity contribution is -0.129. The minimum atomic E-state index is -0.388. The normalized spacial score (nSPS) is 14.6. The Kier molecular flexibility index (Phi) is 13.4. The number of rotatable bonds is 14. The van der Waals surface area contributed by atoms with Gasteiger partial charge in [0.25, 0.3) is 11.8 Å². The number of anilines is 2. The number of benzene rings is 3. The van der Waals surface area contributed by atoms with E-state index < -0.39 is 0 Å². The predicted octanol–water partition coefficient (Wildman–Crippen LogP) is 5.82. The van der Waals surface area contributed by atoms with Gasteiger partial charge in [-0.2, -0.15) is 5.10 Å². The van der Waals surface area contributed by atoms with Crippen molar-refractivity contribution in [2.75, 3.05) is 89.9 Å². The van der Waals surface area contributed by atoms with Gasteiger partial charge in [0.1, 0.15) is 5.75 Å². The molecule has 0 unspecified atom stereocenters. The Bertz CT molecular complexity index is 2280. The topological polar surface area (TPSA) is 143 Å². The fourth-order valence-electron chi connectivity index (χ4n) is 7.54. The third kappa shape index (κ3) is 9.83. The molecule has 0 bridgehead atoms. The molecule has 3 amide bonds. The SMILES string of the molecule is COc1ccc(NC(=O)c2ccccc2C(=O)N2CCN(CCCCOc3cc4c(N5CCN(C(C)=O)CC5)nnc(Cc5ccncc5)c4cc3OC)CC2)cc1Cl. The highest BCUT2D eigenvalue weighted by atomic mass is 35.5. The zero-order valence-electron chi connectivity index (χ0n) is 33.7. The van der Waals surface area contributed by atoms with Gasteiger partial charge in [-0.1, -0.05) is 23.7 Å². The summed E-state index contributed by atoms with van der Waals surface area (Å²) >= 11 is 6.25. The van der Waals surface area contributed by atoms with Gasteiger partial charge in [0.2, 0.25) is 5.91 Å². The number of pyridine rings is 1. The number of fused-ring (bicyclic) bond motifs is 1. The van der Waals surface area contributed by atoms with E-state index in [0.717, 1.165) is 60.3 Å². The molecule has 2 fully saturated rings. The smallest absolute Gasteiger partial charge is 0.256 e. The van der Waals surface area contributed by atoms with Crippen LogP contribution in [0, 0.1) is 0 Å². The Hall–Kier alpha value is -5.99. The molecule has 4 heterocycles. The highest BCUT2D eigenvalue weighted by Gasteiger charge is 2.27. The second-order valence-electron chi connectivity index (χ2n) is 14.6. The first-order valence-corrected chi connectivity index (χ1v) is 20.2. The van der Waals surface area contributed by atoms with E-state index in [1.54, 1.807) is 68.9 Å². The van der Waals surface area contributed by atoms with E-state index >= 15 is 0 Å². The van der Waals surface area contributed by atoms with Crippen LogP contribution in [-0.4, -0.2) is 127 Å². The van der Waals surface area contributed by atoms with Gasteiger partial charge in [0, 0.05) is 94.6 Å². The number of methoxy groups -OCH3 is 2. The van der Waals surface area contributed by atoms with Crippen molar-refractivity contribution in [2.24, 2.45) is 0 Å². The summed E-state index contributed by atoms with van der Waals surface area (Å²) in [6.45, 7) is 8.11. The van der Waals surface area contributed by atoms with Gasteiger partial charge in [-0.15, -0.1) is 5.10 Å². The lowest BCUT2D eigenvalue weighted by atomic mass is 10.0. The minimum absolute atomic E-state index is 0.0732. The third-order valence-electron chi connectivity index (χ3n) is 10.9. The van der Waals surface area contributed by atoms with Crippen molar-refractivity contribution < 1.29 is 28.6 Å². The maximum atomic E-state index is 13.7. The molecule has 0 saturated carbocycles. The van der Waals surface area contributed by atoms with Crippen LogP contribution in [0.1, 0.15) is 51.7 Å².